The number of hydrogen-bond donors (Lipinski definition) is 0. The molecule has 0 bridgehead atoms. The van der Waals surface area contributed by atoms with Crippen LogP contribution in [0.25, 0.3) is 0 Å². The molecule has 0 saturated carbocycles. The molecule has 2 aliphatic rings. The smallest absolute Gasteiger partial charge is 0.253 e. The van der Waals surface area contributed by atoms with E-state index in [0.717, 1.165) is 4.90 Å². The number of carbonyl (C=O) groups excluding carboxylic acids is 4. The number of amides is 4. The lowest BCUT2D eigenvalue weighted by atomic mass is 10.5. The van der Waals surface area contributed by atoms with Gasteiger partial charge in [0, 0.05) is 37.9 Å². The molecule has 0 aromatic heterocycles. The van der Waals surface area contributed by atoms with Crippen LogP contribution in [0.15, 0.2) is 24.3 Å². The fourth-order valence-corrected chi connectivity index (χ4v) is 1.22. The maximum atomic E-state index is 10.6. The molecule has 6 heteroatoms. The van der Waals surface area contributed by atoms with Crippen LogP contribution in [0.5, 0.6) is 0 Å². The molecule has 0 spiro atoms. The van der Waals surface area contributed by atoms with Crippen molar-refractivity contribution in [3.8, 4) is 0 Å². The van der Waals surface area contributed by atoms with E-state index in [1.54, 1.807) is 6.92 Å². The number of carbonyl (C=O) groups is 4. The molecule has 18 heavy (non-hydrogen) atoms. The van der Waals surface area contributed by atoms with Gasteiger partial charge in [0.25, 0.3) is 23.6 Å². The molecule has 4 amide bonds. The number of rotatable bonds is 1. The number of likely N-dealkylation sites (N-methyl/N-ethyl adjacent to an activating group) is 2. The SMILES string of the molecule is C.CCN1C(=O)C=CC1=O.CN1C(=O)C=CC1=O. The molecule has 6 nitrogen and oxygen atoms in total. The van der Waals surface area contributed by atoms with E-state index in [9.17, 15) is 19.2 Å². The van der Waals surface area contributed by atoms with Gasteiger partial charge in [-0.25, -0.2) is 0 Å². The quantitative estimate of drug-likeness (QED) is 0.621. The van der Waals surface area contributed by atoms with Gasteiger partial charge in [-0.2, -0.15) is 0 Å². The minimum Gasteiger partial charge on any atom is -0.279 e. The molecule has 0 N–H and O–H groups in total. The highest BCUT2D eigenvalue weighted by Gasteiger charge is 2.20. The summed E-state index contributed by atoms with van der Waals surface area (Å²) in [5, 5.41) is 0. The first-order chi connectivity index (χ1) is 7.97. The van der Waals surface area contributed by atoms with Crippen molar-refractivity contribution in [2.45, 2.75) is 14.4 Å². The molecular formula is C12H16N2O4. The van der Waals surface area contributed by atoms with Gasteiger partial charge < -0.3 is 0 Å². The molecule has 0 saturated heterocycles. The fraction of sp³-hybridized carbons (Fsp3) is 0.333. The lowest BCUT2D eigenvalue weighted by molar-refractivity contribution is -0.137. The average Bonchev–Trinajstić information content (AvgIpc) is 2.77. The molecule has 0 atom stereocenters. The Kier molecular flexibility index (Phi) is 5.68. The topological polar surface area (TPSA) is 74.8 Å². The van der Waals surface area contributed by atoms with Gasteiger partial charge in [0.15, 0.2) is 0 Å². The van der Waals surface area contributed by atoms with Crippen LogP contribution in [0.3, 0.4) is 0 Å². The van der Waals surface area contributed by atoms with Gasteiger partial charge in [-0.1, -0.05) is 7.43 Å². The van der Waals surface area contributed by atoms with Crippen molar-refractivity contribution in [2.24, 2.45) is 0 Å². The molecule has 0 aromatic carbocycles. The maximum Gasteiger partial charge on any atom is 0.253 e. The van der Waals surface area contributed by atoms with E-state index in [4.69, 9.17) is 0 Å². The van der Waals surface area contributed by atoms with E-state index in [1.165, 1.54) is 36.3 Å². The van der Waals surface area contributed by atoms with E-state index in [1.807, 2.05) is 0 Å². The van der Waals surface area contributed by atoms with E-state index in [-0.39, 0.29) is 31.1 Å². The Hall–Kier alpha value is -2.24. The largest absolute Gasteiger partial charge is 0.279 e. The maximum absolute atomic E-state index is 10.6. The molecule has 0 fully saturated rings. The van der Waals surface area contributed by atoms with Crippen LogP contribution < -0.4 is 0 Å². The van der Waals surface area contributed by atoms with Crippen molar-refractivity contribution in [1.29, 1.82) is 0 Å². The van der Waals surface area contributed by atoms with Crippen molar-refractivity contribution in [3.63, 3.8) is 0 Å². The van der Waals surface area contributed by atoms with Crippen molar-refractivity contribution in [3.05, 3.63) is 24.3 Å². The molecule has 0 aliphatic carbocycles. The lowest BCUT2D eigenvalue weighted by Crippen LogP contribution is -2.29. The third kappa shape index (κ3) is 3.38. The molecule has 0 unspecified atom stereocenters. The summed E-state index contributed by atoms with van der Waals surface area (Å²) in [5.41, 5.74) is 0. The van der Waals surface area contributed by atoms with Gasteiger partial charge >= 0.3 is 0 Å². The number of imide groups is 2. The van der Waals surface area contributed by atoms with Gasteiger partial charge in [0.1, 0.15) is 0 Å². The third-order valence-electron chi connectivity index (χ3n) is 2.25. The van der Waals surface area contributed by atoms with Gasteiger partial charge in [-0.05, 0) is 6.92 Å². The highest BCUT2D eigenvalue weighted by Crippen LogP contribution is 2.00. The third-order valence-corrected chi connectivity index (χ3v) is 2.25. The molecule has 0 radical (unpaired) electrons. The van der Waals surface area contributed by atoms with Crippen LogP contribution in [0, 0.1) is 0 Å². The summed E-state index contributed by atoms with van der Waals surface area (Å²) in [6.07, 6.45) is 5.07. The standard InChI is InChI=1S/C6H7NO2.C5H5NO2.CH4/c1-2-7-5(8)3-4-6(7)9;1-6-4(7)2-3-5(6)8;/h3-4H,2H2,1H3;2-3H,1H3;1H4. The van der Waals surface area contributed by atoms with Crippen molar-refractivity contribution < 1.29 is 19.2 Å². The van der Waals surface area contributed by atoms with Crippen molar-refractivity contribution in [1.82, 2.24) is 9.80 Å². The zero-order chi connectivity index (χ0) is 13.0. The average molecular weight is 252 g/mol. The Morgan fingerprint density at radius 1 is 0.833 bits per heavy atom. The van der Waals surface area contributed by atoms with Crippen LogP contribution in [0.2, 0.25) is 0 Å². The number of hydrogen-bond acceptors (Lipinski definition) is 4. The Balaban J connectivity index is 0.000000306. The summed E-state index contributed by atoms with van der Waals surface area (Å²) in [6.45, 7) is 2.23. The predicted molar refractivity (Wildman–Crippen MR) is 65.2 cm³/mol. The number of nitrogens with zero attached hydrogens (tertiary/aromatic N) is 2. The Morgan fingerprint density at radius 3 is 1.33 bits per heavy atom. The van der Waals surface area contributed by atoms with E-state index < -0.39 is 0 Å². The summed E-state index contributed by atoms with van der Waals surface area (Å²) >= 11 is 0. The van der Waals surface area contributed by atoms with Gasteiger partial charge in [0.2, 0.25) is 0 Å². The Morgan fingerprint density at radius 2 is 1.17 bits per heavy atom. The second-order valence-electron chi connectivity index (χ2n) is 3.32. The predicted octanol–water partition coefficient (Wildman–Crippen LogP) is 0.109. The normalized spacial score (nSPS) is 17.0. The molecule has 2 heterocycles. The highest BCUT2D eigenvalue weighted by atomic mass is 16.2. The minimum atomic E-state index is -0.241. The first-order valence-corrected chi connectivity index (χ1v) is 5.00. The molecule has 2 aliphatic heterocycles. The lowest BCUT2D eigenvalue weighted by Gasteiger charge is -2.08. The van der Waals surface area contributed by atoms with Crippen LogP contribution >= 0.6 is 0 Å². The van der Waals surface area contributed by atoms with Crippen molar-refractivity contribution >= 4 is 23.6 Å². The van der Waals surface area contributed by atoms with Gasteiger partial charge in [0.05, 0.1) is 0 Å². The molecule has 2 rings (SSSR count). The Bertz CT molecular complexity index is 401. The van der Waals surface area contributed by atoms with Crippen LogP contribution in [-0.4, -0.2) is 47.0 Å². The monoisotopic (exact) mass is 252 g/mol. The fourth-order valence-electron chi connectivity index (χ4n) is 1.22. The van der Waals surface area contributed by atoms with Crippen LogP contribution in [-0.2, 0) is 19.2 Å². The Labute approximate surface area is 106 Å². The van der Waals surface area contributed by atoms with Crippen LogP contribution in [0.1, 0.15) is 14.4 Å². The van der Waals surface area contributed by atoms with E-state index >= 15 is 0 Å². The van der Waals surface area contributed by atoms with E-state index in [0.29, 0.717) is 6.54 Å². The van der Waals surface area contributed by atoms with Gasteiger partial charge in [-0.15, -0.1) is 0 Å². The van der Waals surface area contributed by atoms with Crippen molar-refractivity contribution in [2.75, 3.05) is 13.6 Å². The first kappa shape index (κ1) is 15.8. The summed E-state index contributed by atoms with van der Waals surface area (Å²) in [7, 11) is 1.45. The molecule has 0 aromatic rings. The van der Waals surface area contributed by atoms with Gasteiger partial charge in [-0.3, -0.25) is 29.0 Å². The zero-order valence-electron chi connectivity index (χ0n) is 9.54. The zero-order valence-corrected chi connectivity index (χ0v) is 9.54. The molecule has 98 valence electrons. The second kappa shape index (κ2) is 6.48. The van der Waals surface area contributed by atoms with E-state index in [2.05, 4.69) is 0 Å². The second-order valence-corrected chi connectivity index (χ2v) is 3.32. The first-order valence-electron chi connectivity index (χ1n) is 5.00. The summed E-state index contributed by atoms with van der Waals surface area (Å²) in [6, 6.07) is 0. The summed E-state index contributed by atoms with van der Waals surface area (Å²) in [4.78, 5) is 44.3. The summed E-state index contributed by atoms with van der Waals surface area (Å²) < 4.78 is 0. The molecular weight excluding hydrogens is 236 g/mol. The van der Waals surface area contributed by atoms with Crippen LogP contribution in [0.4, 0.5) is 0 Å². The highest BCUT2D eigenvalue weighted by molar-refractivity contribution is 6.13. The summed E-state index contributed by atoms with van der Waals surface area (Å²) in [5.74, 6) is -0.894. The minimum absolute atomic E-state index is 0.